The van der Waals surface area contributed by atoms with Crippen molar-refractivity contribution in [3.8, 4) is 39.5 Å². The Morgan fingerprint density at radius 2 is 1.22 bits per heavy atom. The van der Waals surface area contributed by atoms with E-state index >= 15 is 0 Å². The second kappa shape index (κ2) is 8.19. The molecule has 0 spiro atoms. The molecule has 27 heavy (non-hydrogen) atoms. The van der Waals surface area contributed by atoms with E-state index in [0.29, 0.717) is 26.6 Å². The van der Waals surface area contributed by atoms with Crippen LogP contribution in [0, 0.1) is 5.82 Å². The zero-order valence-corrected chi connectivity index (χ0v) is 17.3. The molecule has 0 fully saturated rings. The molecule has 0 atom stereocenters. The Morgan fingerprint density at radius 3 is 1.85 bits per heavy atom. The maximum atomic E-state index is 14.1. The van der Waals surface area contributed by atoms with E-state index in [2.05, 4.69) is 15.9 Å². The Hall–Kier alpha value is -2.24. The van der Waals surface area contributed by atoms with Gasteiger partial charge in [-0.25, -0.2) is 4.39 Å². The van der Waals surface area contributed by atoms with E-state index in [1.54, 1.807) is 32.4 Å². The van der Waals surface area contributed by atoms with Gasteiger partial charge in [0.05, 0.1) is 30.8 Å². The Bertz CT molecular complexity index is 991. The Labute approximate surface area is 170 Å². The van der Waals surface area contributed by atoms with Gasteiger partial charge in [-0.1, -0.05) is 41.9 Å². The topological polar surface area (TPSA) is 27.7 Å². The van der Waals surface area contributed by atoms with E-state index in [1.807, 2.05) is 24.3 Å². The van der Waals surface area contributed by atoms with Crippen LogP contribution in [0.2, 0.25) is 5.02 Å². The van der Waals surface area contributed by atoms with Crippen LogP contribution >= 0.6 is 27.5 Å². The maximum Gasteiger partial charge on any atom is 0.165 e. The fourth-order valence-electron chi connectivity index (χ4n) is 3.03. The lowest BCUT2D eigenvalue weighted by atomic mass is 9.97. The van der Waals surface area contributed by atoms with Crippen LogP contribution in [-0.2, 0) is 0 Å². The molecular formula is C21H17BrClFO3. The maximum absolute atomic E-state index is 14.1. The summed E-state index contributed by atoms with van der Waals surface area (Å²) >= 11 is 9.87. The number of halogens is 3. The molecule has 0 saturated heterocycles. The standard InChI is InChI=1S/C21H17BrClFO3/c1-25-19-14(6-4-8-16(19)23)15-11-10-12(18(22)21(15)27-3)13-7-5-9-17(24)20(13)26-2/h4-11H,1-3H3. The smallest absolute Gasteiger partial charge is 0.165 e. The number of para-hydroxylation sites is 2. The monoisotopic (exact) mass is 450 g/mol. The molecule has 0 aliphatic carbocycles. The number of hydrogen-bond acceptors (Lipinski definition) is 3. The molecule has 0 amide bonds. The van der Waals surface area contributed by atoms with Crippen molar-refractivity contribution in [2.24, 2.45) is 0 Å². The number of benzene rings is 3. The largest absolute Gasteiger partial charge is 0.495 e. The van der Waals surface area contributed by atoms with Crippen LogP contribution in [0.4, 0.5) is 4.39 Å². The molecule has 6 heteroatoms. The summed E-state index contributed by atoms with van der Waals surface area (Å²) in [5.74, 6) is 0.884. The molecule has 0 radical (unpaired) electrons. The average Bonchev–Trinajstić information content (AvgIpc) is 2.67. The SMILES string of the molecule is COc1c(F)cccc1-c1ccc(-c2cccc(Cl)c2OC)c(OC)c1Br. The minimum atomic E-state index is -0.429. The van der Waals surface area contributed by atoms with Crippen molar-refractivity contribution in [2.45, 2.75) is 0 Å². The molecule has 0 unspecified atom stereocenters. The van der Waals surface area contributed by atoms with Crippen LogP contribution in [-0.4, -0.2) is 21.3 Å². The summed E-state index contributed by atoms with van der Waals surface area (Å²) in [6, 6.07) is 14.1. The molecule has 3 aromatic carbocycles. The molecular weight excluding hydrogens is 435 g/mol. The zero-order chi connectivity index (χ0) is 19.6. The second-order valence-corrected chi connectivity index (χ2v) is 6.85. The molecule has 0 bridgehead atoms. The third kappa shape index (κ3) is 3.49. The van der Waals surface area contributed by atoms with E-state index in [-0.39, 0.29) is 5.75 Å². The van der Waals surface area contributed by atoms with Crippen molar-refractivity contribution in [3.05, 3.63) is 63.8 Å². The van der Waals surface area contributed by atoms with Crippen molar-refractivity contribution in [1.82, 2.24) is 0 Å². The Balaban J connectivity index is 2.25. The number of ether oxygens (including phenoxy) is 3. The molecule has 3 nitrogen and oxygen atoms in total. The van der Waals surface area contributed by atoms with E-state index in [1.165, 1.54) is 13.2 Å². The highest BCUT2D eigenvalue weighted by molar-refractivity contribution is 9.10. The summed E-state index contributed by atoms with van der Waals surface area (Å²) in [5, 5.41) is 0.504. The van der Waals surface area contributed by atoms with Gasteiger partial charge in [0.1, 0.15) is 11.5 Å². The van der Waals surface area contributed by atoms with Crippen molar-refractivity contribution in [3.63, 3.8) is 0 Å². The predicted molar refractivity (Wildman–Crippen MR) is 110 cm³/mol. The van der Waals surface area contributed by atoms with Gasteiger partial charge in [-0.05, 0) is 34.1 Å². The average molecular weight is 452 g/mol. The molecule has 0 aliphatic heterocycles. The molecule has 0 N–H and O–H groups in total. The van der Waals surface area contributed by atoms with Crippen LogP contribution in [0.3, 0.4) is 0 Å². The molecule has 0 aromatic heterocycles. The minimum absolute atomic E-state index is 0.174. The molecule has 140 valence electrons. The van der Waals surface area contributed by atoms with Crippen molar-refractivity contribution < 1.29 is 18.6 Å². The summed E-state index contributed by atoms with van der Waals surface area (Å²) < 4.78 is 31.2. The first-order chi connectivity index (χ1) is 13.0. The van der Waals surface area contributed by atoms with Gasteiger partial charge in [0.2, 0.25) is 0 Å². The summed E-state index contributed by atoms with van der Waals surface area (Å²) in [7, 11) is 4.59. The molecule has 0 aliphatic rings. The quantitative estimate of drug-likeness (QED) is 0.437. The predicted octanol–water partition coefficient (Wildman–Crippen LogP) is 6.60. The highest BCUT2D eigenvalue weighted by atomic mass is 79.9. The van der Waals surface area contributed by atoms with Gasteiger partial charge in [0.25, 0.3) is 0 Å². The first kappa shape index (κ1) is 19.5. The van der Waals surface area contributed by atoms with Gasteiger partial charge in [-0.15, -0.1) is 0 Å². The van der Waals surface area contributed by atoms with Gasteiger partial charge < -0.3 is 14.2 Å². The summed E-state index contributed by atoms with van der Waals surface area (Å²) in [4.78, 5) is 0. The Morgan fingerprint density at radius 1 is 0.704 bits per heavy atom. The van der Waals surface area contributed by atoms with Gasteiger partial charge in [-0.2, -0.15) is 0 Å². The lowest BCUT2D eigenvalue weighted by Gasteiger charge is -2.18. The summed E-state index contributed by atoms with van der Waals surface area (Å²) in [6.45, 7) is 0. The van der Waals surface area contributed by atoms with Gasteiger partial charge in [-0.3, -0.25) is 0 Å². The lowest BCUT2D eigenvalue weighted by molar-refractivity contribution is 0.388. The fourth-order valence-corrected chi connectivity index (χ4v) is 4.01. The van der Waals surface area contributed by atoms with E-state index in [0.717, 1.165) is 16.7 Å². The van der Waals surface area contributed by atoms with Crippen molar-refractivity contribution in [2.75, 3.05) is 21.3 Å². The number of rotatable bonds is 5. The van der Waals surface area contributed by atoms with Crippen LogP contribution < -0.4 is 14.2 Å². The van der Waals surface area contributed by atoms with Crippen LogP contribution in [0.1, 0.15) is 0 Å². The number of methoxy groups -OCH3 is 3. The summed E-state index contributed by atoms with van der Waals surface area (Å²) in [5.41, 5.74) is 2.95. The van der Waals surface area contributed by atoms with Crippen molar-refractivity contribution >= 4 is 27.5 Å². The molecule has 3 rings (SSSR count). The van der Waals surface area contributed by atoms with Crippen LogP contribution in [0.25, 0.3) is 22.3 Å². The van der Waals surface area contributed by atoms with E-state index in [9.17, 15) is 4.39 Å². The molecule has 0 heterocycles. The second-order valence-electron chi connectivity index (χ2n) is 5.65. The summed E-state index contributed by atoms with van der Waals surface area (Å²) in [6.07, 6.45) is 0. The first-order valence-electron chi connectivity index (χ1n) is 8.05. The molecule has 3 aromatic rings. The third-order valence-electron chi connectivity index (χ3n) is 4.22. The van der Waals surface area contributed by atoms with Gasteiger partial charge >= 0.3 is 0 Å². The minimum Gasteiger partial charge on any atom is -0.495 e. The van der Waals surface area contributed by atoms with Crippen molar-refractivity contribution in [1.29, 1.82) is 0 Å². The zero-order valence-electron chi connectivity index (χ0n) is 15.0. The highest BCUT2D eigenvalue weighted by Crippen LogP contribution is 2.47. The third-order valence-corrected chi connectivity index (χ3v) is 5.31. The van der Waals surface area contributed by atoms with Gasteiger partial charge in [0.15, 0.2) is 11.6 Å². The van der Waals surface area contributed by atoms with Crippen LogP contribution in [0.15, 0.2) is 53.0 Å². The number of hydrogen-bond donors (Lipinski definition) is 0. The van der Waals surface area contributed by atoms with E-state index < -0.39 is 5.82 Å². The normalized spacial score (nSPS) is 10.6. The fraction of sp³-hybridized carbons (Fsp3) is 0.143. The Kier molecular flexibility index (Phi) is 5.92. The van der Waals surface area contributed by atoms with Crippen LogP contribution in [0.5, 0.6) is 17.2 Å². The molecule has 0 saturated carbocycles. The van der Waals surface area contributed by atoms with Gasteiger partial charge in [0, 0.05) is 22.3 Å². The lowest BCUT2D eigenvalue weighted by Crippen LogP contribution is -1.96. The van der Waals surface area contributed by atoms with E-state index in [4.69, 9.17) is 25.8 Å². The first-order valence-corrected chi connectivity index (χ1v) is 9.22. The highest BCUT2D eigenvalue weighted by Gasteiger charge is 2.21.